The van der Waals surface area contributed by atoms with Crippen LogP contribution in [0, 0.1) is 0 Å². The van der Waals surface area contributed by atoms with Crippen molar-refractivity contribution in [2.45, 2.75) is 64.5 Å². The molecule has 4 heterocycles. The predicted octanol–water partition coefficient (Wildman–Crippen LogP) is 0.395. The third-order valence-electron chi connectivity index (χ3n) is 8.75. The van der Waals surface area contributed by atoms with Gasteiger partial charge in [-0.15, -0.1) is 0 Å². The van der Waals surface area contributed by atoms with Crippen molar-refractivity contribution in [3.05, 3.63) is 121 Å². The van der Waals surface area contributed by atoms with Crippen molar-refractivity contribution in [3.63, 3.8) is 0 Å². The average molecular weight is 747 g/mol. The molecule has 46 heavy (non-hydrogen) atoms. The van der Waals surface area contributed by atoms with Gasteiger partial charge in [-0.05, 0) is 37.8 Å². The smallest absolute Gasteiger partial charge is 0.259 e. The number of anilines is 2. The zero-order chi connectivity index (χ0) is 30.1. The van der Waals surface area contributed by atoms with Crippen molar-refractivity contribution < 1.29 is 52.7 Å². The Kier molecular flexibility index (Phi) is 13.3. The summed E-state index contributed by atoms with van der Waals surface area (Å²) in [6, 6.07) is 28.2. The first-order valence-corrected chi connectivity index (χ1v) is 16.2. The van der Waals surface area contributed by atoms with Gasteiger partial charge < -0.3 is 43.8 Å². The first kappa shape index (κ1) is 35.2. The van der Waals surface area contributed by atoms with Gasteiger partial charge in [0.25, 0.3) is 11.8 Å². The number of amides is 2. The van der Waals surface area contributed by atoms with Crippen LogP contribution < -0.4 is 52.9 Å². The van der Waals surface area contributed by atoms with E-state index in [9.17, 15) is 9.59 Å². The van der Waals surface area contributed by atoms with Gasteiger partial charge in [0.1, 0.15) is 13.1 Å². The van der Waals surface area contributed by atoms with Crippen LogP contribution >= 0.6 is 0 Å². The lowest BCUT2D eigenvalue weighted by Crippen LogP contribution is -3.00. The SMILES string of the molecule is O=C1/C(=C2/C(=O)N(CCCCCC[n+]3ccccc3)c3ccccc32)c2ccccc2N1CCCCCC[n+]1ccccc1.[Br-].[Br-]. The molecule has 2 aliphatic rings. The molecule has 0 fully saturated rings. The molecule has 0 atom stereocenters. The fraction of sp³-hybridized carbons (Fsp3) is 0.316. The van der Waals surface area contributed by atoms with E-state index >= 15 is 0 Å². The van der Waals surface area contributed by atoms with Gasteiger partial charge in [-0.2, -0.15) is 0 Å². The summed E-state index contributed by atoms with van der Waals surface area (Å²) in [5, 5.41) is 0. The number of benzene rings is 2. The van der Waals surface area contributed by atoms with Crippen molar-refractivity contribution in [2.75, 3.05) is 22.9 Å². The number of para-hydroxylation sites is 2. The highest BCUT2D eigenvalue weighted by Gasteiger charge is 2.41. The van der Waals surface area contributed by atoms with Gasteiger partial charge >= 0.3 is 0 Å². The van der Waals surface area contributed by atoms with Crippen molar-refractivity contribution >= 4 is 34.3 Å². The first-order valence-electron chi connectivity index (χ1n) is 16.2. The monoisotopic (exact) mass is 744 g/mol. The Morgan fingerprint density at radius 2 is 0.804 bits per heavy atom. The molecule has 0 saturated heterocycles. The van der Waals surface area contributed by atoms with Gasteiger partial charge in [0.05, 0.1) is 22.5 Å². The Labute approximate surface area is 293 Å². The minimum absolute atomic E-state index is 0. The number of halogens is 2. The topological polar surface area (TPSA) is 48.4 Å². The molecule has 0 N–H and O–H groups in total. The van der Waals surface area contributed by atoms with Gasteiger partial charge in [-0.3, -0.25) is 9.59 Å². The summed E-state index contributed by atoms with van der Waals surface area (Å²) in [5.74, 6) is -0.103. The number of nitrogens with zero attached hydrogens (tertiary/aromatic N) is 4. The minimum Gasteiger partial charge on any atom is -1.00 e. The number of aryl methyl sites for hydroxylation is 2. The third kappa shape index (κ3) is 8.02. The number of unbranched alkanes of at least 4 members (excludes halogenated alkanes) is 6. The van der Waals surface area contributed by atoms with Crippen LogP contribution in [0.4, 0.5) is 11.4 Å². The van der Waals surface area contributed by atoms with Crippen LogP contribution in [0.1, 0.15) is 62.5 Å². The number of hydrogen-bond acceptors (Lipinski definition) is 2. The highest BCUT2D eigenvalue weighted by molar-refractivity contribution is 6.49. The van der Waals surface area contributed by atoms with Crippen molar-refractivity contribution in [1.29, 1.82) is 0 Å². The summed E-state index contributed by atoms with van der Waals surface area (Å²) >= 11 is 0. The number of pyridine rings is 2. The Bertz CT molecular complexity index is 1510. The van der Waals surface area contributed by atoms with E-state index in [0.717, 1.165) is 87.0 Å². The van der Waals surface area contributed by atoms with E-state index in [4.69, 9.17) is 0 Å². The molecule has 4 aromatic rings. The molecule has 8 heteroatoms. The van der Waals surface area contributed by atoms with Gasteiger partial charge in [0.15, 0.2) is 24.8 Å². The van der Waals surface area contributed by atoms with Crippen LogP contribution in [0.25, 0.3) is 11.1 Å². The van der Waals surface area contributed by atoms with E-state index in [0.29, 0.717) is 24.2 Å². The molecule has 2 amide bonds. The van der Waals surface area contributed by atoms with Gasteiger partial charge in [0.2, 0.25) is 0 Å². The summed E-state index contributed by atoms with van der Waals surface area (Å²) < 4.78 is 4.42. The van der Waals surface area contributed by atoms with Crippen molar-refractivity contribution in [1.82, 2.24) is 0 Å². The fourth-order valence-electron chi connectivity index (χ4n) is 6.49. The maximum Gasteiger partial charge on any atom is 0.259 e. The van der Waals surface area contributed by atoms with E-state index < -0.39 is 0 Å². The largest absolute Gasteiger partial charge is 1.00 e. The second-order valence-corrected chi connectivity index (χ2v) is 11.8. The first-order chi connectivity index (χ1) is 21.7. The van der Waals surface area contributed by atoms with Crippen LogP contribution in [0.5, 0.6) is 0 Å². The normalized spacial score (nSPS) is 15.0. The van der Waals surface area contributed by atoms with E-state index in [1.54, 1.807) is 0 Å². The Morgan fingerprint density at radius 1 is 0.435 bits per heavy atom. The molecule has 240 valence electrons. The van der Waals surface area contributed by atoms with Gasteiger partial charge in [-0.25, -0.2) is 9.13 Å². The summed E-state index contributed by atoms with van der Waals surface area (Å²) in [6.07, 6.45) is 16.9. The fourth-order valence-corrected chi connectivity index (χ4v) is 6.49. The average Bonchev–Trinajstić information content (AvgIpc) is 3.50. The van der Waals surface area contributed by atoms with E-state index in [1.807, 2.05) is 70.5 Å². The highest BCUT2D eigenvalue weighted by atomic mass is 79.9. The van der Waals surface area contributed by atoms with E-state index in [2.05, 4.69) is 58.2 Å². The molecular formula is C38H42Br2N4O2. The maximum absolute atomic E-state index is 14.1. The van der Waals surface area contributed by atoms with Crippen LogP contribution in [-0.2, 0) is 22.7 Å². The molecule has 0 spiro atoms. The number of rotatable bonds is 14. The number of carbonyl (C=O) groups excluding carboxylic acids is 2. The maximum atomic E-state index is 14.1. The van der Waals surface area contributed by atoms with E-state index in [-0.39, 0.29) is 45.8 Å². The number of hydrogen-bond donors (Lipinski definition) is 0. The lowest BCUT2D eigenvalue weighted by Gasteiger charge is -2.17. The predicted molar refractivity (Wildman–Crippen MR) is 175 cm³/mol. The van der Waals surface area contributed by atoms with Crippen LogP contribution in [0.3, 0.4) is 0 Å². The lowest BCUT2D eigenvalue weighted by atomic mass is 9.96. The molecule has 0 radical (unpaired) electrons. The second kappa shape index (κ2) is 17.3. The highest BCUT2D eigenvalue weighted by Crippen LogP contribution is 2.46. The van der Waals surface area contributed by atoms with Crippen LogP contribution in [0.15, 0.2) is 110 Å². The molecule has 6 rings (SSSR count). The van der Waals surface area contributed by atoms with Crippen molar-refractivity contribution in [3.8, 4) is 0 Å². The molecule has 0 unspecified atom stereocenters. The molecule has 2 aromatic heterocycles. The molecule has 0 bridgehead atoms. The minimum atomic E-state index is -0.0514. The van der Waals surface area contributed by atoms with Gasteiger partial charge in [0, 0.05) is 61.3 Å². The Hall–Kier alpha value is -3.62. The molecule has 2 aromatic carbocycles. The number of carbonyl (C=O) groups is 2. The lowest BCUT2D eigenvalue weighted by molar-refractivity contribution is -0.697. The van der Waals surface area contributed by atoms with Gasteiger partial charge in [-0.1, -0.05) is 61.4 Å². The molecule has 2 aliphatic heterocycles. The standard InChI is InChI=1S/C38H42N4O2.2BrH/c43-37-35(31-19-7-9-21-33(31)41(37)29-17-3-1-11-23-39-25-13-5-14-26-39)36-32-20-8-10-22-34(32)42(38(36)44)30-18-4-2-12-24-40-27-15-6-16-28-40;;/h5-10,13-16,19-22,25-28H,1-4,11-12,17-18,23-24,29-30H2;2*1H/q+2;;/p-2/b36-35+;;. The zero-order valence-electron chi connectivity index (χ0n) is 26.2. The summed E-state index contributed by atoms with van der Waals surface area (Å²) in [4.78, 5) is 31.9. The molecule has 0 saturated carbocycles. The Balaban J connectivity index is 0.00000240. The number of fused-ring (bicyclic) bond motifs is 2. The third-order valence-corrected chi connectivity index (χ3v) is 8.75. The summed E-state index contributed by atoms with van der Waals surface area (Å²) in [5.41, 5.74) is 4.69. The number of aromatic nitrogens is 2. The Morgan fingerprint density at radius 3 is 1.22 bits per heavy atom. The molecule has 6 nitrogen and oxygen atoms in total. The van der Waals surface area contributed by atoms with Crippen molar-refractivity contribution in [2.24, 2.45) is 0 Å². The molecule has 0 aliphatic carbocycles. The van der Waals surface area contributed by atoms with Crippen LogP contribution in [0.2, 0.25) is 0 Å². The summed E-state index contributed by atoms with van der Waals surface area (Å²) in [6.45, 7) is 3.33. The summed E-state index contributed by atoms with van der Waals surface area (Å²) in [7, 11) is 0. The zero-order valence-corrected chi connectivity index (χ0v) is 29.4. The second-order valence-electron chi connectivity index (χ2n) is 11.8. The van der Waals surface area contributed by atoms with E-state index in [1.165, 1.54) is 0 Å². The molecular weight excluding hydrogens is 704 g/mol. The quantitative estimate of drug-likeness (QED) is 0.107. The van der Waals surface area contributed by atoms with Crippen LogP contribution in [-0.4, -0.2) is 24.9 Å².